The maximum Gasteiger partial charge on any atom is 0.241 e. The Hall–Kier alpha value is -2.27. The highest BCUT2D eigenvalue weighted by Crippen LogP contribution is 2.72. The van der Waals surface area contributed by atoms with Crippen LogP contribution < -0.4 is 9.47 Å². The standard InChI is InChI=1S/C37H59NO5Si/c1-14-41-28(4)42-37(25-38,22-26(2)17-18-29-21-30(39-9)20-27(3)33(29)40-10)24-35(7)23-31-32(43-44(11,12)13)16-15-19-36(35,8)34(31,5)6/h16-17,20-21,28,31H,14-15,18-19,22-24H2,1-13H3/b26-17+/t28-,31+,35+,36-,37-/m1/s1. The van der Waals surface area contributed by atoms with Crippen LogP contribution in [0, 0.1) is 40.4 Å². The Balaban J connectivity index is 2.01. The number of benzene rings is 1. The summed E-state index contributed by atoms with van der Waals surface area (Å²) in [5.41, 5.74) is 1.97. The minimum atomic E-state index is -1.79. The third kappa shape index (κ3) is 7.40. The minimum Gasteiger partial charge on any atom is -0.547 e. The number of nitriles is 1. The third-order valence-corrected chi connectivity index (χ3v) is 11.6. The van der Waals surface area contributed by atoms with Crippen molar-refractivity contribution < 1.29 is 23.4 Å². The molecule has 246 valence electrons. The summed E-state index contributed by atoms with van der Waals surface area (Å²) in [6, 6.07) is 6.71. The second-order valence-corrected chi connectivity index (χ2v) is 19.7. The number of ether oxygens (including phenoxy) is 4. The van der Waals surface area contributed by atoms with Crippen molar-refractivity contribution in [1.29, 1.82) is 5.26 Å². The van der Waals surface area contributed by atoms with Gasteiger partial charge in [-0.05, 0) is 119 Å². The van der Waals surface area contributed by atoms with E-state index in [1.807, 2.05) is 32.9 Å². The number of hydrogen-bond donors (Lipinski definition) is 0. The molecule has 1 aromatic carbocycles. The summed E-state index contributed by atoms with van der Waals surface area (Å²) in [5.74, 6) is 3.14. The van der Waals surface area contributed by atoms with Crippen LogP contribution in [0.3, 0.4) is 0 Å². The first-order valence-electron chi connectivity index (χ1n) is 16.4. The highest BCUT2D eigenvalue weighted by atomic mass is 28.4. The van der Waals surface area contributed by atoms with E-state index in [0.717, 1.165) is 47.5 Å². The topological polar surface area (TPSA) is 69.9 Å². The molecule has 5 atom stereocenters. The van der Waals surface area contributed by atoms with Gasteiger partial charge in [0.05, 0.1) is 26.0 Å². The first kappa shape index (κ1) is 36.2. The van der Waals surface area contributed by atoms with E-state index in [1.54, 1.807) is 14.2 Å². The Morgan fingerprint density at radius 3 is 2.41 bits per heavy atom. The molecule has 0 saturated heterocycles. The molecule has 0 aliphatic heterocycles. The molecule has 44 heavy (non-hydrogen) atoms. The summed E-state index contributed by atoms with van der Waals surface area (Å²) in [5, 5.41) is 11.0. The molecule has 0 amide bonds. The molecule has 0 N–H and O–H groups in total. The van der Waals surface area contributed by atoms with Gasteiger partial charge in [-0.3, -0.25) is 0 Å². The van der Waals surface area contributed by atoms with Gasteiger partial charge >= 0.3 is 0 Å². The second kappa shape index (κ2) is 13.6. The molecule has 1 aromatic rings. The zero-order chi connectivity index (χ0) is 33.1. The van der Waals surface area contributed by atoms with Crippen LogP contribution >= 0.6 is 0 Å². The fourth-order valence-electron chi connectivity index (χ4n) is 8.20. The normalized spacial score (nSPS) is 27.0. The van der Waals surface area contributed by atoms with Gasteiger partial charge in [-0.2, -0.15) is 5.26 Å². The molecule has 0 radical (unpaired) electrons. The van der Waals surface area contributed by atoms with E-state index in [2.05, 4.69) is 72.5 Å². The Bertz CT molecular complexity index is 1270. The molecule has 7 heteroatoms. The smallest absolute Gasteiger partial charge is 0.241 e. The van der Waals surface area contributed by atoms with Crippen molar-refractivity contribution in [2.24, 2.45) is 22.2 Å². The van der Waals surface area contributed by atoms with Crippen molar-refractivity contribution in [2.75, 3.05) is 20.8 Å². The van der Waals surface area contributed by atoms with Crippen LogP contribution in [-0.2, 0) is 20.3 Å². The molecule has 0 aromatic heterocycles. The molecule has 3 rings (SSSR count). The number of allylic oxidation sites excluding steroid dienone is 3. The van der Waals surface area contributed by atoms with Gasteiger partial charge in [0, 0.05) is 24.5 Å². The SMILES string of the molecule is CCO[C@@H](C)O[C@](C#N)(C/C(C)=C/Cc1cc(OC)cc(C)c1OC)C[C@]1(C)C[C@H]2C(O[Si](C)(C)C)=CCC[C@]1(C)C2(C)C. The van der Waals surface area contributed by atoms with Crippen LogP contribution in [0.25, 0.3) is 0 Å². The Labute approximate surface area is 269 Å². The number of nitrogens with zero attached hydrogens (tertiary/aromatic N) is 1. The van der Waals surface area contributed by atoms with Crippen molar-refractivity contribution in [2.45, 2.75) is 125 Å². The van der Waals surface area contributed by atoms with E-state index in [0.29, 0.717) is 31.8 Å². The van der Waals surface area contributed by atoms with Gasteiger partial charge in [0.2, 0.25) is 8.32 Å². The van der Waals surface area contributed by atoms with E-state index in [4.69, 9.17) is 23.4 Å². The van der Waals surface area contributed by atoms with Crippen LogP contribution in [0.1, 0.15) is 91.7 Å². The zero-order valence-corrected chi connectivity index (χ0v) is 30.9. The molecular weight excluding hydrogens is 566 g/mol. The lowest BCUT2D eigenvalue weighted by Gasteiger charge is -2.51. The summed E-state index contributed by atoms with van der Waals surface area (Å²) in [6.07, 6.45) is 8.86. The highest BCUT2D eigenvalue weighted by molar-refractivity contribution is 6.70. The van der Waals surface area contributed by atoms with Crippen molar-refractivity contribution in [1.82, 2.24) is 0 Å². The molecular formula is C37H59NO5Si. The highest BCUT2D eigenvalue weighted by Gasteiger charge is 2.66. The van der Waals surface area contributed by atoms with E-state index in [9.17, 15) is 5.26 Å². The molecule has 1 fully saturated rings. The summed E-state index contributed by atoms with van der Waals surface area (Å²) in [4.78, 5) is 0. The lowest BCUT2D eigenvalue weighted by molar-refractivity contribution is -0.196. The number of aryl methyl sites for hydroxylation is 1. The molecule has 1 saturated carbocycles. The Kier molecular flexibility index (Phi) is 11.2. The van der Waals surface area contributed by atoms with Crippen molar-refractivity contribution >= 4 is 8.32 Å². The predicted molar refractivity (Wildman–Crippen MR) is 181 cm³/mol. The predicted octanol–water partition coefficient (Wildman–Crippen LogP) is 9.53. The van der Waals surface area contributed by atoms with E-state index >= 15 is 0 Å². The van der Waals surface area contributed by atoms with E-state index in [1.165, 1.54) is 5.76 Å². The van der Waals surface area contributed by atoms with Crippen LogP contribution in [-0.4, -0.2) is 41.0 Å². The van der Waals surface area contributed by atoms with Gasteiger partial charge in [0.15, 0.2) is 11.9 Å². The molecule has 0 spiro atoms. The van der Waals surface area contributed by atoms with Gasteiger partial charge in [-0.25, -0.2) is 0 Å². The largest absolute Gasteiger partial charge is 0.547 e. The number of fused-ring (bicyclic) bond motifs is 2. The summed E-state index contributed by atoms with van der Waals surface area (Å²) in [6.45, 7) is 25.0. The molecule has 0 heterocycles. The summed E-state index contributed by atoms with van der Waals surface area (Å²) < 4.78 is 30.6. The van der Waals surface area contributed by atoms with Gasteiger partial charge in [-0.15, -0.1) is 0 Å². The number of hydrogen-bond acceptors (Lipinski definition) is 6. The van der Waals surface area contributed by atoms with Crippen LogP contribution in [0.15, 0.2) is 35.6 Å². The first-order valence-corrected chi connectivity index (χ1v) is 19.8. The average Bonchev–Trinajstić information content (AvgIpc) is 3.00. The van der Waals surface area contributed by atoms with Crippen molar-refractivity contribution in [3.63, 3.8) is 0 Å². The van der Waals surface area contributed by atoms with E-state index < -0.39 is 20.2 Å². The van der Waals surface area contributed by atoms with Crippen LogP contribution in [0.4, 0.5) is 0 Å². The quantitative estimate of drug-likeness (QED) is 0.116. The van der Waals surface area contributed by atoms with Gasteiger partial charge in [0.25, 0.3) is 0 Å². The Morgan fingerprint density at radius 1 is 1.16 bits per heavy atom. The molecule has 2 bridgehead atoms. The van der Waals surface area contributed by atoms with Gasteiger partial charge < -0.3 is 23.4 Å². The third-order valence-electron chi connectivity index (χ3n) is 10.7. The lowest BCUT2D eigenvalue weighted by atomic mass is 9.54. The lowest BCUT2D eigenvalue weighted by Crippen LogP contribution is -2.48. The van der Waals surface area contributed by atoms with Gasteiger partial charge in [0.1, 0.15) is 11.5 Å². The maximum atomic E-state index is 11.0. The molecule has 2 aliphatic rings. The minimum absolute atomic E-state index is 0.00211. The second-order valence-electron chi connectivity index (χ2n) is 15.2. The first-order chi connectivity index (χ1) is 20.4. The van der Waals surface area contributed by atoms with Crippen LogP contribution in [0.2, 0.25) is 19.6 Å². The monoisotopic (exact) mass is 625 g/mol. The Morgan fingerprint density at radius 2 is 1.84 bits per heavy atom. The molecule has 0 unspecified atom stereocenters. The van der Waals surface area contributed by atoms with Crippen molar-refractivity contribution in [3.05, 3.63) is 46.7 Å². The zero-order valence-electron chi connectivity index (χ0n) is 29.9. The van der Waals surface area contributed by atoms with Crippen LogP contribution in [0.5, 0.6) is 11.5 Å². The van der Waals surface area contributed by atoms with E-state index in [-0.39, 0.29) is 16.2 Å². The maximum absolute atomic E-state index is 11.0. The van der Waals surface area contributed by atoms with Gasteiger partial charge in [-0.1, -0.05) is 39.3 Å². The molecule has 6 nitrogen and oxygen atoms in total. The average molecular weight is 626 g/mol. The number of methoxy groups -OCH3 is 2. The fraction of sp³-hybridized carbons (Fsp3) is 0.703. The summed E-state index contributed by atoms with van der Waals surface area (Å²) >= 11 is 0. The number of rotatable bonds is 14. The molecule has 2 aliphatic carbocycles. The van der Waals surface area contributed by atoms with Crippen molar-refractivity contribution in [3.8, 4) is 17.6 Å². The summed E-state index contributed by atoms with van der Waals surface area (Å²) in [7, 11) is 1.60. The fourth-order valence-corrected chi connectivity index (χ4v) is 9.13.